The molecule has 0 saturated carbocycles. The summed E-state index contributed by atoms with van der Waals surface area (Å²) in [5, 5.41) is 2.41. The van der Waals surface area contributed by atoms with Crippen LogP contribution in [0.3, 0.4) is 0 Å². The van der Waals surface area contributed by atoms with E-state index in [1.54, 1.807) is 19.1 Å². The largest absolute Gasteiger partial charge is 0.465 e. The first kappa shape index (κ1) is 25.0. The van der Waals surface area contributed by atoms with Gasteiger partial charge in [0.1, 0.15) is 18.1 Å². The normalized spacial score (nSPS) is 10.9. The number of nitrogens with one attached hydrogen (secondary N) is 2. The van der Waals surface area contributed by atoms with E-state index < -0.39 is 27.7 Å². The number of hydrogen-bond acceptors (Lipinski definition) is 6. The first-order valence-corrected chi connectivity index (χ1v) is 11.8. The van der Waals surface area contributed by atoms with E-state index in [4.69, 9.17) is 21.1 Å². The van der Waals surface area contributed by atoms with E-state index in [0.717, 1.165) is 6.07 Å². The van der Waals surface area contributed by atoms with Crippen LogP contribution in [0.4, 0.5) is 10.1 Å². The summed E-state index contributed by atoms with van der Waals surface area (Å²) >= 11 is 5.99. The Morgan fingerprint density at radius 3 is 2.38 bits per heavy atom. The van der Waals surface area contributed by atoms with Gasteiger partial charge in [0, 0.05) is 5.56 Å². The van der Waals surface area contributed by atoms with Gasteiger partial charge in [0.05, 0.1) is 22.2 Å². The zero-order valence-corrected chi connectivity index (χ0v) is 19.5. The Morgan fingerprint density at radius 2 is 1.71 bits per heavy atom. The first-order valence-electron chi connectivity index (χ1n) is 9.98. The molecule has 0 unspecified atom stereocenters. The number of para-hydroxylation sites is 2. The van der Waals surface area contributed by atoms with Crippen molar-refractivity contribution < 1.29 is 31.9 Å². The topological polar surface area (TPSA) is 111 Å². The second-order valence-corrected chi connectivity index (χ2v) is 8.88. The van der Waals surface area contributed by atoms with Crippen molar-refractivity contribution in [1.29, 1.82) is 0 Å². The van der Waals surface area contributed by atoms with E-state index in [9.17, 15) is 22.4 Å². The summed E-state index contributed by atoms with van der Waals surface area (Å²) in [4.78, 5) is 23.4. The van der Waals surface area contributed by atoms with Crippen molar-refractivity contribution in [3.05, 3.63) is 83.1 Å². The summed E-state index contributed by atoms with van der Waals surface area (Å²) in [6, 6.07) is 15.0. The van der Waals surface area contributed by atoms with Crippen LogP contribution in [0.15, 0.2) is 71.6 Å². The molecule has 34 heavy (non-hydrogen) atoms. The number of sulfonamides is 1. The second-order valence-electron chi connectivity index (χ2n) is 6.79. The van der Waals surface area contributed by atoms with Gasteiger partial charge in [-0.1, -0.05) is 23.7 Å². The summed E-state index contributed by atoms with van der Waals surface area (Å²) in [6.07, 6.45) is 0. The maximum atomic E-state index is 13.3. The summed E-state index contributed by atoms with van der Waals surface area (Å²) in [5.74, 6) is -1.38. The highest BCUT2D eigenvalue weighted by atomic mass is 35.5. The molecule has 0 saturated heterocycles. The van der Waals surface area contributed by atoms with Crippen LogP contribution in [0, 0.1) is 5.82 Å². The highest BCUT2D eigenvalue weighted by molar-refractivity contribution is 7.92. The molecule has 0 aliphatic rings. The van der Waals surface area contributed by atoms with Gasteiger partial charge in [-0.05, 0) is 61.5 Å². The van der Waals surface area contributed by atoms with Crippen LogP contribution in [0.25, 0.3) is 0 Å². The lowest BCUT2D eigenvalue weighted by molar-refractivity contribution is -0.141. The van der Waals surface area contributed by atoms with Crippen molar-refractivity contribution in [2.45, 2.75) is 11.8 Å². The Bertz CT molecular complexity index is 1300. The number of anilines is 1. The third-order valence-corrected chi connectivity index (χ3v) is 6.05. The molecule has 0 aliphatic carbocycles. The molecule has 11 heteroatoms. The number of amides is 1. The maximum absolute atomic E-state index is 13.3. The van der Waals surface area contributed by atoms with Crippen molar-refractivity contribution in [3.8, 4) is 11.5 Å². The van der Waals surface area contributed by atoms with Crippen molar-refractivity contribution in [3.63, 3.8) is 0 Å². The van der Waals surface area contributed by atoms with Gasteiger partial charge in [0.15, 0.2) is 5.75 Å². The lowest BCUT2D eigenvalue weighted by Crippen LogP contribution is -2.30. The Morgan fingerprint density at radius 1 is 1.00 bits per heavy atom. The monoisotopic (exact) mass is 506 g/mol. The van der Waals surface area contributed by atoms with Gasteiger partial charge in [0.25, 0.3) is 15.9 Å². The van der Waals surface area contributed by atoms with Crippen molar-refractivity contribution in [2.24, 2.45) is 0 Å². The molecule has 3 rings (SSSR count). The molecule has 0 heterocycles. The summed E-state index contributed by atoms with van der Waals surface area (Å²) < 4.78 is 51.9. The first-order chi connectivity index (χ1) is 16.2. The van der Waals surface area contributed by atoms with Crippen LogP contribution in [-0.2, 0) is 19.6 Å². The standard InChI is InChI=1S/C23H20ClFN2O6S/c1-2-32-22(28)14-26-23(29)15-7-10-17(11-8-15)34(30,31)27-19-5-3-4-6-21(19)33-20-12-9-16(25)13-18(20)24/h3-13,27H,2,14H2,1H3,(H,26,29). The summed E-state index contributed by atoms with van der Waals surface area (Å²) in [7, 11) is -4.05. The van der Waals surface area contributed by atoms with E-state index in [2.05, 4.69) is 10.0 Å². The average Bonchev–Trinajstić information content (AvgIpc) is 2.80. The van der Waals surface area contributed by atoms with Crippen molar-refractivity contribution >= 4 is 39.2 Å². The lowest BCUT2D eigenvalue weighted by Gasteiger charge is -2.14. The zero-order chi connectivity index (χ0) is 24.7. The minimum atomic E-state index is -4.05. The molecule has 0 aromatic heterocycles. The molecule has 1 amide bonds. The highest BCUT2D eigenvalue weighted by Gasteiger charge is 2.18. The van der Waals surface area contributed by atoms with Crippen LogP contribution >= 0.6 is 11.6 Å². The Labute approximate surface area is 200 Å². The van der Waals surface area contributed by atoms with Crippen LogP contribution in [0.1, 0.15) is 17.3 Å². The van der Waals surface area contributed by atoms with Gasteiger partial charge in [0.2, 0.25) is 0 Å². The SMILES string of the molecule is CCOC(=O)CNC(=O)c1ccc(S(=O)(=O)Nc2ccccc2Oc2ccc(F)cc2Cl)cc1. The third kappa shape index (κ3) is 6.46. The van der Waals surface area contributed by atoms with Gasteiger partial charge in [-0.3, -0.25) is 14.3 Å². The van der Waals surface area contributed by atoms with Crippen LogP contribution < -0.4 is 14.8 Å². The fraction of sp³-hybridized carbons (Fsp3) is 0.130. The smallest absolute Gasteiger partial charge is 0.325 e. The van der Waals surface area contributed by atoms with Gasteiger partial charge >= 0.3 is 5.97 Å². The number of rotatable bonds is 9. The number of hydrogen-bond donors (Lipinski definition) is 2. The molecule has 178 valence electrons. The summed E-state index contributed by atoms with van der Waals surface area (Å²) in [5.41, 5.74) is 0.289. The minimum absolute atomic E-state index is 0.0227. The zero-order valence-electron chi connectivity index (χ0n) is 17.9. The highest BCUT2D eigenvalue weighted by Crippen LogP contribution is 2.34. The number of ether oxygens (including phenoxy) is 2. The Hall–Kier alpha value is -3.63. The Kier molecular flexibility index (Phi) is 8.08. The third-order valence-electron chi connectivity index (χ3n) is 4.37. The van der Waals surface area contributed by atoms with E-state index >= 15 is 0 Å². The van der Waals surface area contributed by atoms with Gasteiger partial charge in [-0.15, -0.1) is 0 Å². The molecule has 0 radical (unpaired) electrons. The predicted octanol–water partition coefficient (Wildman–Crippen LogP) is 4.37. The average molecular weight is 507 g/mol. The van der Waals surface area contributed by atoms with Crippen LogP contribution in [0.5, 0.6) is 11.5 Å². The summed E-state index contributed by atoms with van der Waals surface area (Å²) in [6.45, 7) is 1.54. The predicted molar refractivity (Wildman–Crippen MR) is 124 cm³/mol. The molecule has 0 aliphatic heterocycles. The van der Waals surface area contributed by atoms with E-state index in [-0.39, 0.29) is 45.8 Å². The molecule has 2 N–H and O–H groups in total. The van der Waals surface area contributed by atoms with Gasteiger partial charge in [-0.2, -0.15) is 0 Å². The van der Waals surface area contributed by atoms with Crippen molar-refractivity contribution in [2.75, 3.05) is 17.9 Å². The lowest BCUT2D eigenvalue weighted by atomic mass is 10.2. The number of carbonyl (C=O) groups is 2. The Balaban J connectivity index is 1.74. The quantitative estimate of drug-likeness (QED) is 0.417. The molecule has 3 aromatic rings. The molecule has 0 atom stereocenters. The second kappa shape index (κ2) is 11.0. The van der Waals surface area contributed by atoms with E-state index in [1.165, 1.54) is 48.5 Å². The molecule has 8 nitrogen and oxygen atoms in total. The number of esters is 1. The molecule has 3 aromatic carbocycles. The van der Waals surface area contributed by atoms with E-state index in [0.29, 0.717) is 0 Å². The molecule has 0 bridgehead atoms. The number of halogens is 2. The minimum Gasteiger partial charge on any atom is -0.465 e. The molecule has 0 spiro atoms. The maximum Gasteiger partial charge on any atom is 0.325 e. The fourth-order valence-corrected chi connectivity index (χ4v) is 4.05. The van der Waals surface area contributed by atoms with Gasteiger partial charge in [-0.25, -0.2) is 12.8 Å². The van der Waals surface area contributed by atoms with Crippen molar-refractivity contribution in [1.82, 2.24) is 5.32 Å². The molecular weight excluding hydrogens is 487 g/mol. The number of carbonyl (C=O) groups excluding carboxylic acids is 2. The van der Waals surface area contributed by atoms with Crippen LogP contribution in [0.2, 0.25) is 5.02 Å². The molecular formula is C23H20ClFN2O6S. The number of benzene rings is 3. The van der Waals surface area contributed by atoms with Crippen LogP contribution in [-0.4, -0.2) is 33.4 Å². The fourth-order valence-electron chi connectivity index (χ4n) is 2.77. The van der Waals surface area contributed by atoms with Gasteiger partial charge < -0.3 is 14.8 Å². The van der Waals surface area contributed by atoms with E-state index in [1.807, 2.05) is 0 Å². The molecule has 0 fully saturated rings.